The average Bonchev–Trinajstić information content (AvgIpc) is 4.07. The maximum Gasteiger partial charge on any atom is 0.319 e. The molecule has 18 heteroatoms. The highest BCUT2D eigenvalue weighted by Gasteiger charge is 2.48. The molecule has 73 heavy (non-hydrogen) atoms. The molecule has 7 aliphatic rings. The van der Waals surface area contributed by atoms with Crippen molar-refractivity contribution < 1.29 is 38.1 Å². The highest BCUT2D eigenvalue weighted by Crippen LogP contribution is 2.48. The average molecular weight is 999 g/mol. The fraction of sp³-hybridized carbons (Fsp3) is 0.527. The first kappa shape index (κ1) is 47.9. The Morgan fingerprint density at radius 1 is 0.863 bits per heavy atom. The minimum atomic E-state index is -0.964. The Hall–Kier alpha value is -6.08. The van der Waals surface area contributed by atoms with Gasteiger partial charge in [-0.25, -0.2) is 8.78 Å². The van der Waals surface area contributed by atoms with Gasteiger partial charge in [0.15, 0.2) is 5.82 Å². The molecule has 1 saturated carbocycles. The number of aliphatic hydroxyl groups is 1. The number of β-amino-alcohol motifs (C(OH)–C–C–N with tert-alkyl or cyclic N) is 1. The van der Waals surface area contributed by atoms with Crippen LogP contribution in [0.25, 0.3) is 32.9 Å². The summed E-state index contributed by atoms with van der Waals surface area (Å²) in [7, 11) is 0. The number of aromatic hydroxyl groups is 1. The third-order valence-electron chi connectivity index (χ3n) is 17.1. The number of fused-ring (bicyclic) bond motifs is 3. The van der Waals surface area contributed by atoms with E-state index in [1.54, 1.807) is 24.0 Å². The van der Waals surface area contributed by atoms with Crippen LogP contribution >= 0.6 is 0 Å². The Bertz CT molecular complexity index is 3020. The van der Waals surface area contributed by atoms with Gasteiger partial charge in [0.2, 0.25) is 11.8 Å². The molecular weight excluding hydrogens is 935 g/mol. The van der Waals surface area contributed by atoms with E-state index in [1.807, 2.05) is 24.0 Å². The molecule has 3 aromatic carbocycles. The summed E-state index contributed by atoms with van der Waals surface area (Å²) in [6.07, 6.45) is 8.18. The monoisotopic (exact) mass is 998 g/mol. The minimum absolute atomic E-state index is 0.0139. The third kappa shape index (κ3) is 9.11. The van der Waals surface area contributed by atoms with Gasteiger partial charge in [-0.2, -0.15) is 9.97 Å². The smallest absolute Gasteiger partial charge is 0.319 e. The SMILES string of the molecule is CCc1c(F)ccc2cc(O)cc(-c3ncc4c(N5CCC[C@@](C)(O)C5)nc(OCC5(CN6CC(N7CCC(N8CCN(c9ccc%10c(c9)CN([C@H]9CCC(=O)NC9=O)C%10=O)CC8)CC7)C6)CC5)nc4c3F)c12. The van der Waals surface area contributed by atoms with Crippen LogP contribution in [0.15, 0.2) is 48.7 Å². The number of aryl methyl sites for hydroxylation is 1. The number of benzene rings is 3. The number of pyridine rings is 1. The number of phenols is 1. The van der Waals surface area contributed by atoms with Gasteiger partial charge in [0, 0.05) is 125 Å². The topological polar surface area (TPSA) is 171 Å². The Balaban J connectivity index is 0.658. The van der Waals surface area contributed by atoms with Crippen molar-refractivity contribution >= 4 is 50.9 Å². The predicted octanol–water partition coefficient (Wildman–Crippen LogP) is 5.63. The highest BCUT2D eigenvalue weighted by atomic mass is 19.1. The molecule has 0 unspecified atom stereocenters. The number of nitrogens with one attached hydrogen (secondary N) is 1. The Morgan fingerprint density at radius 2 is 1.64 bits per heavy atom. The second-order valence-corrected chi connectivity index (χ2v) is 22.2. The second-order valence-electron chi connectivity index (χ2n) is 22.2. The molecule has 0 spiro atoms. The van der Waals surface area contributed by atoms with Gasteiger partial charge in [0.1, 0.15) is 34.6 Å². The molecule has 0 bridgehead atoms. The number of hydrogen-bond acceptors (Lipinski definition) is 14. The maximum atomic E-state index is 17.1. The van der Waals surface area contributed by atoms with Crippen LogP contribution in [-0.4, -0.2) is 165 Å². The number of imide groups is 1. The summed E-state index contributed by atoms with van der Waals surface area (Å²) < 4.78 is 38.8. The summed E-state index contributed by atoms with van der Waals surface area (Å²) in [6, 6.07) is 12.5. The van der Waals surface area contributed by atoms with E-state index in [0.29, 0.717) is 90.7 Å². The lowest BCUT2D eigenvalue weighted by Crippen LogP contribution is -2.63. The standard InChI is InChI=1S/C55H64F2N10O6/c1-3-39-43(56)8-5-33-24-38(68)25-41(46(33)39)48-47(57)49-42(26-58-48)50(66-16-4-13-54(2,72)30-66)61-53(60-49)73-32-55(14-15-55)31-62-28-37(29-62)63-17-11-35(12-18-63)64-19-21-65(22-20-64)36-6-7-40-34(23-36)27-67(52(40)71)44-9-10-45(69)59-51(44)70/h5-8,23-26,35,37,44,68,72H,3-4,9-22,27-32H2,1-2H3,(H,59,69,70)/t44-,54+/m0/s1. The van der Waals surface area contributed by atoms with Crippen LogP contribution in [0.5, 0.6) is 11.8 Å². The first-order chi connectivity index (χ1) is 35.2. The highest BCUT2D eigenvalue weighted by molar-refractivity contribution is 6.06. The fourth-order valence-electron chi connectivity index (χ4n) is 12.8. The third-order valence-corrected chi connectivity index (χ3v) is 17.1. The van der Waals surface area contributed by atoms with E-state index in [0.717, 1.165) is 102 Å². The number of rotatable bonds is 12. The van der Waals surface area contributed by atoms with E-state index in [1.165, 1.54) is 18.3 Å². The predicted molar refractivity (Wildman–Crippen MR) is 272 cm³/mol. The molecule has 3 N–H and O–H groups in total. The van der Waals surface area contributed by atoms with Gasteiger partial charge in [-0.3, -0.25) is 39.4 Å². The maximum absolute atomic E-state index is 17.1. The number of anilines is 2. The van der Waals surface area contributed by atoms with E-state index >= 15 is 8.78 Å². The minimum Gasteiger partial charge on any atom is -0.508 e. The molecule has 8 heterocycles. The molecule has 0 radical (unpaired) electrons. The molecule has 2 aromatic heterocycles. The van der Waals surface area contributed by atoms with Gasteiger partial charge < -0.3 is 29.6 Å². The summed E-state index contributed by atoms with van der Waals surface area (Å²) in [5, 5.41) is 25.7. The van der Waals surface area contributed by atoms with Gasteiger partial charge in [-0.15, -0.1) is 0 Å². The summed E-state index contributed by atoms with van der Waals surface area (Å²) in [4.78, 5) is 65.5. The van der Waals surface area contributed by atoms with Crippen LogP contribution in [0, 0.1) is 17.0 Å². The van der Waals surface area contributed by atoms with E-state index in [-0.39, 0.29) is 58.1 Å². The number of carbonyl (C=O) groups is 3. The zero-order chi connectivity index (χ0) is 50.3. The number of piperidine rings is 3. The summed E-state index contributed by atoms with van der Waals surface area (Å²) in [6.45, 7) is 14.2. The van der Waals surface area contributed by atoms with Crippen molar-refractivity contribution in [1.29, 1.82) is 0 Å². The number of halogens is 2. The van der Waals surface area contributed by atoms with Crippen molar-refractivity contribution in [1.82, 2.24) is 39.9 Å². The number of nitrogens with zero attached hydrogens (tertiary/aromatic N) is 9. The molecule has 5 aromatic rings. The van der Waals surface area contributed by atoms with Crippen LogP contribution < -0.4 is 19.9 Å². The van der Waals surface area contributed by atoms with Gasteiger partial charge in [0.25, 0.3) is 5.91 Å². The van der Waals surface area contributed by atoms with Crippen molar-refractivity contribution in [2.24, 2.45) is 5.41 Å². The number of hydrogen-bond donors (Lipinski definition) is 3. The zero-order valence-electron chi connectivity index (χ0n) is 41.7. The normalized spacial score (nSPS) is 24.4. The van der Waals surface area contributed by atoms with E-state index < -0.39 is 23.3 Å². The number of likely N-dealkylation sites (tertiary alicyclic amines) is 2. The van der Waals surface area contributed by atoms with E-state index in [4.69, 9.17) is 14.7 Å². The van der Waals surface area contributed by atoms with Crippen molar-refractivity contribution in [3.63, 3.8) is 0 Å². The first-order valence-corrected chi connectivity index (χ1v) is 26.4. The molecule has 1 aliphatic carbocycles. The van der Waals surface area contributed by atoms with Crippen molar-refractivity contribution in [2.75, 3.05) is 88.4 Å². The zero-order valence-corrected chi connectivity index (χ0v) is 41.7. The van der Waals surface area contributed by atoms with Crippen LogP contribution in [0.4, 0.5) is 20.3 Å². The van der Waals surface area contributed by atoms with Crippen LogP contribution in [0.2, 0.25) is 0 Å². The molecule has 5 saturated heterocycles. The largest absolute Gasteiger partial charge is 0.508 e. The second kappa shape index (κ2) is 18.7. The van der Waals surface area contributed by atoms with Gasteiger partial charge >= 0.3 is 6.01 Å². The Kier molecular flexibility index (Phi) is 12.3. The lowest BCUT2D eigenvalue weighted by Gasteiger charge is -2.50. The first-order valence-electron chi connectivity index (χ1n) is 26.4. The number of carbonyl (C=O) groups excluding carboxylic acids is 3. The number of phenolic OH excluding ortho intramolecular Hbond substituents is 1. The van der Waals surface area contributed by atoms with Gasteiger partial charge in [-0.1, -0.05) is 13.0 Å². The molecule has 6 aliphatic heterocycles. The number of ether oxygens (including phenoxy) is 1. The van der Waals surface area contributed by atoms with E-state index in [2.05, 4.69) is 36.0 Å². The molecule has 3 amide bonds. The molecule has 2 atom stereocenters. The molecule has 16 nitrogen and oxygen atoms in total. The molecule has 384 valence electrons. The van der Waals surface area contributed by atoms with Crippen molar-refractivity contribution in [3.05, 3.63) is 77.0 Å². The van der Waals surface area contributed by atoms with Crippen molar-refractivity contribution in [2.45, 2.75) is 102 Å². The molecular formula is C55H64F2N10O6. The summed E-state index contributed by atoms with van der Waals surface area (Å²) in [5.41, 5.74) is 2.31. The van der Waals surface area contributed by atoms with E-state index in [9.17, 15) is 24.6 Å². The Morgan fingerprint density at radius 3 is 2.38 bits per heavy atom. The lowest BCUT2D eigenvalue weighted by molar-refractivity contribution is -0.136. The fourth-order valence-corrected chi connectivity index (χ4v) is 12.8. The number of amides is 3. The van der Waals surface area contributed by atoms with Crippen LogP contribution in [0.1, 0.15) is 86.7 Å². The summed E-state index contributed by atoms with van der Waals surface area (Å²) in [5.74, 6) is -1.59. The summed E-state index contributed by atoms with van der Waals surface area (Å²) >= 11 is 0. The Labute approximate surface area is 423 Å². The molecule has 6 fully saturated rings. The number of piperazine rings is 1. The molecule has 12 rings (SSSR count). The quantitative estimate of drug-likeness (QED) is 0.131. The van der Waals surface area contributed by atoms with Crippen molar-refractivity contribution in [3.8, 4) is 23.0 Å². The van der Waals surface area contributed by atoms with Crippen LogP contribution in [0.3, 0.4) is 0 Å². The van der Waals surface area contributed by atoms with Gasteiger partial charge in [0.05, 0.1) is 17.6 Å². The lowest BCUT2D eigenvalue weighted by atomic mass is 9.94. The van der Waals surface area contributed by atoms with Gasteiger partial charge in [-0.05, 0) is 117 Å². The number of aromatic nitrogens is 3. The van der Waals surface area contributed by atoms with Crippen LogP contribution in [-0.2, 0) is 22.6 Å².